The first-order chi connectivity index (χ1) is 7.06. The largest absolute Gasteiger partial charge is 0.447 e. The zero-order chi connectivity index (χ0) is 11.7. The summed E-state index contributed by atoms with van der Waals surface area (Å²) in [5, 5.41) is 4.88. The van der Waals surface area contributed by atoms with Crippen molar-refractivity contribution in [2.45, 2.75) is 20.0 Å². The van der Waals surface area contributed by atoms with E-state index in [9.17, 15) is 9.59 Å². The van der Waals surface area contributed by atoms with Gasteiger partial charge in [0.05, 0.1) is 19.3 Å². The van der Waals surface area contributed by atoms with Gasteiger partial charge in [0, 0.05) is 13.7 Å². The van der Waals surface area contributed by atoms with Gasteiger partial charge in [-0.15, -0.1) is 0 Å². The van der Waals surface area contributed by atoms with Crippen LogP contribution in [-0.2, 0) is 14.3 Å². The topological polar surface area (TPSA) is 76.7 Å². The van der Waals surface area contributed by atoms with Crippen molar-refractivity contribution in [3.8, 4) is 0 Å². The summed E-state index contributed by atoms with van der Waals surface area (Å²) in [4.78, 5) is 22.0. The number of amides is 2. The molecule has 2 amide bonds. The van der Waals surface area contributed by atoms with E-state index in [1.165, 1.54) is 0 Å². The molecule has 0 aromatic rings. The third-order valence-electron chi connectivity index (χ3n) is 1.36. The monoisotopic (exact) mass is 218 g/mol. The maximum absolute atomic E-state index is 11.1. The minimum absolute atomic E-state index is 0.0880. The van der Waals surface area contributed by atoms with Crippen molar-refractivity contribution >= 4 is 12.0 Å². The molecule has 88 valence electrons. The third-order valence-corrected chi connectivity index (χ3v) is 1.36. The first kappa shape index (κ1) is 13.7. The minimum atomic E-state index is -0.591. The van der Waals surface area contributed by atoms with Gasteiger partial charge >= 0.3 is 6.09 Å². The van der Waals surface area contributed by atoms with Gasteiger partial charge in [0.15, 0.2) is 0 Å². The number of ether oxygens (including phenoxy) is 2. The Morgan fingerprint density at radius 2 is 1.93 bits per heavy atom. The molecule has 0 unspecified atom stereocenters. The number of hydrogen-bond donors (Lipinski definition) is 2. The molecule has 0 saturated heterocycles. The van der Waals surface area contributed by atoms with Crippen molar-refractivity contribution in [2.24, 2.45) is 0 Å². The lowest BCUT2D eigenvalue weighted by Gasteiger charge is -2.09. The second kappa shape index (κ2) is 8.05. The van der Waals surface area contributed by atoms with E-state index in [-0.39, 0.29) is 18.6 Å². The van der Waals surface area contributed by atoms with Crippen LogP contribution in [0, 0.1) is 0 Å². The lowest BCUT2D eigenvalue weighted by Crippen LogP contribution is -2.38. The van der Waals surface area contributed by atoms with E-state index >= 15 is 0 Å². The fourth-order valence-corrected chi connectivity index (χ4v) is 0.763. The molecule has 0 bridgehead atoms. The van der Waals surface area contributed by atoms with E-state index in [2.05, 4.69) is 10.6 Å². The van der Waals surface area contributed by atoms with Gasteiger partial charge in [-0.25, -0.2) is 4.79 Å². The maximum atomic E-state index is 11.1. The van der Waals surface area contributed by atoms with E-state index in [1.807, 2.05) is 0 Å². The molecule has 0 aliphatic rings. The number of hydrogen-bond acceptors (Lipinski definition) is 4. The van der Waals surface area contributed by atoms with Crippen LogP contribution in [0.15, 0.2) is 0 Å². The van der Waals surface area contributed by atoms with Gasteiger partial charge in [0.25, 0.3) is 0 Å². The summed E-state index contributed by atoms with van der Waals surface area (Å²) >= 11 is 0. The van der Waals surface area contributed by atoms with Crippen LogP contribution in [0.2, 0.25) is 0 Å². The quantitative estimate of drug-likeness (QED) is 0.609. The van der Waals surface area contributed by atoms with Crippen molar-refractivity contribution in [1.29, 1.82) is 0 Å². The molecule has 0 aliphatic heterocycles. The Kier molecular flexibility index (Phi) is 7.35. The molecule has 0 aromatic heterocycles. The predicted molar refractivity (Wildman–Crippen MR) is 54.5 cm³/mol. The zero-order valence-corrected chi connectivity index (χ0v) is 9.33. The van der Waals surface area contributed by atoms with Gasteiger partial charge in [-0.1, -0.05) is 0 Å². The Hall–Kier alpha value is -1.30. The van der Waals surface area contributed by atoms with Crippen LogP contribution in [0.3, 0.4) is 0 Å². The molecule has 6 heteroatoms. The Balaban J connectivity index is 3.49. The third kappa shape index (κ3) is 9.01. The molecule has 0 radical (unpaired) electrons. The normalized spacial score (nSPS) is 9.87. The fourth-order valence-electron chi connectivity index (χ4n) is 0.763. The number of carbonyl (C=O) groups is 2. The molecule has 0 saturated carbocycles. The van der Waals surface area contributed by atoms with Crippen LogP contribution in [0.4, 0.5) is 4.79 Å². The van der Waals surface area contributed by atoms with E-state index in [1.54, 1.807) is 21.0 Å². The number of methoxy groups -OCH3 is 1. The molecule has 0 rings (SSSR count). The number of rotatable bonds is 6. The van der Waals surface area contributed by atoms with Crippen molar-refractivity contribution < 1.29 is 19.1 Å². The lowest BCUT2D eigenvalue weighted by atomic mass is 10.5. The average Bonchev–Trinajstić information content (AvgIpc) is 2.14. The Morgan fingerprint density at radius 1 is 1.27 bits per heavy atom. The summed E-state index contributed by atoms with van der Waals surface area (Å²) in [7, 11) is 1.55. The van der Waals surface area contributed by atoms with Crippen LogP contribution in [0.25, 0.3) is 0 Å². The predicted octanol–water partition coefficient (Wildman–Crippen LogP) is -0.116. The molecule has 0 heterocycles. The summed E-state index contributed by atoms with van der Waals surface area (Å²) < 4.78 is 9.52. The molecule has 0 fully saturated rings. The van der Waals surface area contributed by atoms with Crippen molar-refractivity contribution in [1.82, 2.24) is 10.6 Å². The highest BCUT2D eigenvalue weighted by atomic mass is 16.6. The first-order valence-electron chi connectivity index (χ1n) is 4.76. The van der Waals surface area contributed by atoms with E-state index in [0.29, 0.717) is 13.2 Å². The Labute approximate surface area is 89.3 Å². The summed E-state index contributed by atoms with van der Waals surface area (Å²) in [5.41, 5.74) is 0. The zero-order valence-electron chi connectivity index (χ0n) is 9.33. The molecule has 0 aromatic carbocycles. The summed E-state index contributed by atoms with van der Waals surface area (Å²) in [6, 6.07) is 0. The van der Waals surface area contributed by atoms with Gasteiger partial charge < -0.3 is 20.1 Å². The first-order valence-corrected chi connectivity index (χ1v) is 4.76. The molecule has 0 aliphatic carbocycles. The molecule has 15 heavy (non-hydrogen) atoms. The lowest BCUT2D eigenvalue weighted by molar-refractivity contribution is -0.120. The summed E-state index contributed by atoms with van der Waals surface area (Å²) in [5.74, 6) is -0.271. The van der Waals surface area contributed by atoms with Gasteiger partial charge in [-0.3, -0.25) is 4.79 Å². The highest BCUT2D eigenvalue weighted by molar-refractivity contribution is 5.82. The minimum Gasteiger partial charge on any atom is -0.447 e. The molecule has 0 spiro atoms. The smallest absolute Gasteiger partial charge is 0.407 e. The maximum Gasteiger partial charge on any atom is 0.407 e. The second-order valence-electron chi connectivity index (χ2n) is 3.15. The van der Waals surface area contributed by atoms with E-state index < -0.39 is 6.09 Å². The van der Waals surface area contributed by atoms with Crippen molar-refractivity contribution in [2.75, 3.05) is 26.8 Å². The number of carbonyl (C=O) groups excluding carboxylic acids is 2. The molecular weight excluding hydrogens is 200 g/mol. The van der Waals surface area contributed by atoms with E-state index in [4.69, 9.17) is 9.47 Å². The summed E-state index contributed by atoms with van der Waals surface area (Å²) in [6.07, 6.45) is -0.784. The highest BCUT2D eigenvalue weighted by Crippen LogP contribution is 1.87. The van der Waals surface area contributed by atoms with Crippen LogP contribution in [-0.4, -0.2) is 44.9 Å². The molecular formula is C9H18N2O4. The Morgan fingerprint density at radius 3 is 2.47 bits per heavy atom. The SMILES string of the molecule is COCCNC(=O)CNC(=O)OC(C)C. The van der Waals surface area contributed by atoms with Crippen molar-refractivity contribution in [3.63, 3.8) is 0 Å². The van der Waals surface area contributed by atoms with Crippen LogP contribution >= 0.6 is 0 Å². The number of nitrogens with one attached hydrogen (secondary N) is 2. The van der Waals surface area contributed by atoms with E-state index in [0.717, 1.165) is 0 Å². The molecule has 6 nitrogen and oxygen atoms in total. The highest BCUT2D eigenvalue weighted by Gasteiger charge is 2.06. The van der Waals surface area contributed by atoms with Gasteiger partial charge in [0.1, 0.15) is 0 Å². The van der Waals surface area contributed by atoms with Crippen LogP contribution in [0.5, 0.6) is 0 Å². The van der Waals surface area contributed by atoms with Crippen LogP contribution < -0.4 is 10.6 Å². The van der Waals surface area contributed by atoms with Gasteiger partial charge in [-0.05, 0) is 13.8 Å². The standard InChI is InChI=1S/C9H18N2O4/c1-7(2)15-9(13)11-6-8(12)10-4-5-14-3/h7H,4-6H2,1-3H3,(H,10,12)(H,11,13). The second-order valence-corrected chi connectivity index (χ2v) is 3.15. The van der Waals surface area contributed by atoms with Gasteiger partial charge in [-0.2, -0.15) is 0 Å². The average molecular weight is 218 g/mol. The fraction of sp³-hybridized carbons (Fsp3) is 0.778. The molecule has 0 atom stereocenters. The number of alkyl carbamates (subject to hydrolysis) is 1. The van der Waals surface area contributed by atoms with Crippen molar-refractivity contribution in [3.05, 3.63) is 0 Å². The van der Waals surface area contributed by atoms with Gasteiger partial charge in [0.2, 0.25) is 5.91 Å². The molecule has 2 N–H and O–H groups in total. The van der Waals surface area contributed by atoms with Crippen LogP contribution in [0.1, 0.15) is 13.8 Å². The Bertz CT molecular complexity index is 206. The summed E-state index contributed by atoms with van der Waals surface area (Å²) in [6.45, 7) is 4.25.